The Bertz CT molecular complexity index is 315. The average Bonchev–Trinajstić information content (AvgIpc) is 2.30. The molecular formula is C13H18BrNO. The van der Waals surface area contributed by atoms with E-state index in [0.717, 1.165) is 42.8 Å². The Morgan fingerprint density at radius 2 is 2.12 bits per heavy atom. The fourth-order valence-corrected chi connectivity index (χ4v) is 1.70. The number of hydrogen-bond acceptors (Lipinski definition) is 2. The molecule has 0 aliphatic heterocycles. The first-order chi connectivity index (χ1) is 7.84. The molecule has 0 fully saturated rings. The van der Waals surface area contributed by atoms with Gasteiger partial charge >= 0.3 is 0 Å². The van der Waals surface area contributed by atoms with E-state index < -0.39 is 0 Å². The molecule has 0 spiro atoms. The Hall–Kier alpha value is -0.800. The van der Waals surface area contributed by atoms with E-state index in [2.05, 4.69) is 27.8 Å². The first-order valence-corrected chi connectivity index (χ1v) is 6.33. The number of para-hydroxylation sites is 1. The van der Waals surface area contributed by atoms with E-state index >= 15 is 0 Å². The summed E-state index contributed by atoms with van der Waals surface area (Å²) < 4.78 is 6.66. The molecule has 0 amide bonds. The molecule has 88 valence electrons. The van der Waals surface area contributed by atoms with Crippen LogP contribution in [0.5, 0.6) is 5.75 Å². The summed E-state index contributed by atoms with van der Waals surface area (Å²) in [5.74, 6) is 0.918. The zero-order valence-corrected chi connectivity index (χ0v) is 11.0. The summed E-state index contributed by atoms with van der Waals surface area (Å²) in [6.07, 6.45) is 4.06. The summed E-state index contributed by atoms with van der Waals surface area (Å²) in [6, 6.07) is 7.92. The minimum atomic E-state index is 0.762. The number of rotatable bonds is 8. The molecule has 0 aromatic heterocycles. The Morgan fingerprint density at radius 1 is 1.31 bits per heavy atom. The predicted octanol–water partition coefficient (Wildman–Crippen LogP) is 3.38. The van der Waals surface area contributed by atoms with E-state index in [1.807, 2.05) is 30.3 Å². The molecule has 0 atom stereocenters. The summed E-state index contributed by atoms with van der Waals surface area (Å²) in [5, 5.41) is 3.26. The Kier molecular flexibility index (Phi) is 6.93. The molecule has 0 bridgehead atoms. The Labute approximate surface area is 106 Å². The highest BCUT2D eigenvalue weighted by atomic mass is 79.9. The Morgan fingerprint density at radius 3 is 2.88 bits per heavy atom. The fourth-order valence-electron chi connectivity index (χ4n) is 1.30. The lowest BCUT2D eigenvalue weighted by atomic mass is 10.3. The Balaban J connectivity index is 2.07. The van der Waals surface area contributed by atoms with Crippen LogP contribution in [0.4, 0.5) is 0 Å². The van der Waals surface area contributed by atoms with Crippen LogP contribution in [0.25, 0.3) is 0 Å². The van der Waals surface area contributed by atoms with Crippen molar-refractivity contribution in [2.24, 2.45) is 0 Å². The third kappa shape index (κ3) is 5.33. The van der Waals surface area contributed by atoms with Gasteiger partial charge in [0.05, 0.1) is 11.1 Å². The predicted molar refractivity (Wildman–Crippen MR) is 71.9 cm³/mol. The van der Waals surface area contributed by atoms with E-state index in [9.17, 15) is 0 Å². The quantitative estimate of drug-likeness (QED) is 0.583. The van der Waals surface area contributed by atoms with Gasteiger partial charge < -0.3 is 10.1 Å². The highest BCUT2D eigenvalue weighted by Crippen LogP contribution is 2.23. The van der Waals surface area contributed by atoms with Crippen molar-refractivity contribution >= 4 is 15.9 Å². The van der Waals surface area contributed by atoms with Crippen LogP contribution in [-0.2, 0) is 0 Å². The maximum absolute atomic E-state index is 5.65. The third-order valence-corrected chi connectivity index (χ3v) is 2.79. The number of nitrogens with one attached hydrogen (secondary N) is 1. The van der Waals surface area contributed by atoms with Crippen LogP contribution < -0.4 is 10.1 Å². The zero-order chi connectivity index (χ0) is 11.6. The topological polar surface area (TPSA) is 21.3 Å². The lowest BCUT2D eigenvalue weighted by Crippen LogP contribution is -2.15. The molecular weight excluding hydrogens is 266 g/mol. The van der Waals surface area contributed by atoms with E-state index in [-0.39, 0.29) is 0 Å². The van der Waals surface area contributed by atoms with Crippen molar-refractivity contribution in [3.05, 3.63) is 41.4 Å². The van der Waals surface area contributed by atoms with Gasteiger partial charge in [0.2, 0.25) is 0 Å². The van der Waals surface area contributed by atoms with Crippen LogP contribution >= 0.6 is 15.9 Å². The maximum atomic E-state index is 5.65. The molecule has 0 aliphatic rings. The van der Waals surface area contributed by atoms with Crippen molar-refractivity contribution in [1.29, 1.82) is 0 Å². The van der Waals surface area contributed by atoms with Crippen molar-refractivity contribution in [3.8, 4) is 5.75 Å². The lowest BCUT2D eigenvalue weighted by molar-refractivity contribution is 0.304. The molecule has 0 saturated carbocycles. The average molecular weight is 284 g/mol. The van der Waals surface area contributed by atoms with Crippen molar-refractivity contribution < 1.29 is 4.74 Å². The molecule has 1 aromatic rings. The number of hydrogen-bond donors (Lipinski definition) is 1. The SMILES string of the molecule is C=CCNCCCCOc1ccccc1Br. The van der Waals surface area contributed by atoms with Crippen LogP contribution in [-0.4, -0.2) is 19.7 Å². The number of halogens is 1. The van der Waals surface area contributed by atoms with Gasteiger partial charge in [-0.15, -0.1) is 6.58 Å². The summed E-state index contributed by atoms with van der Waals surface area (Å²) in [4.78, 5) is 0. The molecule has 1 aromatic carbocycles. The number of benzene rings is 1. The van der Waals surface area contributed by atoms with Crippen LogP contribution in [0.2, 0.25) is 0 Å². The first kappa shape index (κ1) is 13.3. The van der Waals surface area contributed by atoms with E-state index in [1.54, 1.807) is 0 Å². The van der Waals surface area contributed by atoms with Gasteiger partial charge in [0.25, 0.3) is 0 Å². The van der Waals surface area contributed by atoms with Gasteiger partial charge in [0.1, 0.15) is 5.75 Å². The van der Waals surface area contributed by atoms with Crippen LogP contribution in [0.1, 0.15) is 12.8 Å². The largest absolute Gasteiger partial charge is 0.492 e. The second-order valence-corrected chi connectivity index (χ2v) is 4.33. The molecule has 16 heavy (non-hydrogen) atoms. The van der Waals surface area contributed by atoms with Crippen LogP contribution in [0, 0.1) is 0 Å². The molecule has 1 N–H and O–H groups in total. The van der Waals surface area contributed by atoms with Gasteiger partial charge in [-0.25, -0.2) is 0 Å². The molecule has 0 aliphatic carbocycles. The normalized spacial score (nSPS) is 10.1. The fraction of sp³-hybridized carbons (Fsp3) is 0.385. The molecule has 0 unspecified atom stereocenters. The van der Waals surface area contributed by atoms with Crippen LogP contribution in [0.15, 0.2) is 41.4 Å². The molecule has 0 heterocycles. The second-order valence-electron chi connectivity index (χ2n) is 3.48. The van der Waals surface area contributed by atoms with Crippen molar-refractivity contribution in [2.45, 2.75) is 12.8 Å². The van der Waals surface area contributed by atoms with Gasteiger partial charge in [0.15, 0.2) is 0 Å². The van der Waals surface area contributed by atoms with Gasteiger partial charge in [-0.3, -0.25) is 0 Å². The maximum Gasteiger partial charge on any atom is 0.133 e. The van der Waals surface area contributed by atoms with Gasteiger partial charge in [-0.2, -0.15) is 0 Å². The molecule has 0 saturated heterocycles. The number of ether oxygens (including phenoxy) is 1. The summed E-state index contributed by atoms with van der Waals surface area (Å²) in [6.45, 7) is 6.31. The van der Waals surface area contributed by atoms with Gasteiger partial charge in [-0.05, 0) is 47.4 Å². The monoisotopic (exact) mass is 283 g/mol. The zero-order valence-electron chi connectivity index (χ0n) is 9.42. The number of unbranched alkanes of at least 4 members (excludes halogenated alkanes) is 1. The lowest BCUT2D eigenvalue weighted by Gasteiger charge is -2.07. The summed E-state index contributed by atoms with van der Waals surface area (Å²) >= 11 is 3.45. The summed E-state index contributed by atoms with van der Waals surface area (Å²) in [7, 11) is 0. The summed E-state index contributed by atoms with van der Waals surface area (Å²) in [5.41, 5.74) is 0. The molecule has 1 rings (SSSR count). The molecule has 3 heteroatoms. The van der Waals surface area contributed by atoms with Crippen molar-refractivity contribution in [3.63, 3.8) is 0 Å². The van der Waals surface area contributed by atoms with Crippen molar-refractivity contribution in [2.75, 3.05) is 19.7 Å². The third-order valence-electron chi connectivity index (χ3n) is 2.13. The van der Waals surface area contributed by atoms with Gasteiger partial charge in [-0.1, -0.05) is 18.2 Å². The standard InChI is InChI=1S/C13H18BrNO/c1-2-9-15-10-5-6-11-16-13-8-4-3-7-12(13)14/h2-4,7-8,15H,1,5-6,9-11H2. The first-order valence-electron chi connectivity index (χ1n) is 5.53. The highest BCUT2D eigenvalue weighted by molar-refractivity contribution is 9.10. The molecule has 2 nitrogen and oxygen atoms in total. The molecule has 0 radical (unpaired) electrons. The van der Waals surface area contributed by atoms with Crippen molar-refractivity contribution in [1.82, 2.24) is 5.32 Å². The minimum absolute atomic E-state index is 0.762. The van der Waals surface area contributed by atoms with Gasteiger partial charge in [0, 0.05) is 6.54 Å². The smallest absolute Gasteiger partial charge is 0.133 e. The minimum Gasteiger partial charge on any atom is -0.492 e. The highest BCUT2D eigenvalue weighted by Gasteiger charge is 1.98. The second kappa shape index (κ2) is 8.36. The van der Waals surface area contributed by atoms with E-state index in [1.165, 1.54) is 0 Å². The van der Waals surface area contributed by atoms with E-state index in [4.69, 9.17) is 4.74 Å². The van der Waals surface area contributed by atoms with E-state index in [0.29, 0.717) is 0 Å². The van der Waals surface area contributed by atoms with Crippen LogP contribution in [0.3, 0.4) is 0 Å².